The number of phenols is 3. The van der Waals surface area contributed by atoms with Crippen LogP contribution in [0.15, 0.2) is 91.3 Å². The van der Waals surface area contributed by atoms with Crippen molar-refractivity contribution in [2.24, 2.45) is 5.92 Å². The number of Topliss-reactive ketones (excluding diaryl/α,β-unsaturated/α-hetero) is 1. The third kappa shape index (κ3) is 12.3. The zero-order valence-corrected chi connectivity index (χ0v) is 40.9. The van der Waals surface area contributed by atoms with E-state index in [0.717, 1.165) is 67.3 Å². The van der Waals surface area contributed by atoms with E-state index in [9.17, 15) is 30.6 Å². The van der Waals surface area contributed by atoms with Crippen molar-refractivity contribution in [3.05, 3.63) is 147 Å². The molecule has 68 heavy (non-hydrogen) atoms. The lowest BCUT2D eigenvalue weighted by Crippen LogP contribution is -2.41. The number of rotatable bonds is 19. The highest BCUT2D eigenvalue weighted by Gasteiger charge is 2.32. The van der Waals surface area contributed by atoms with Crippen LogP contribution in [0.2, 0.25) is 0 Å². The summed E-state index contributed by atoms with van der Waals surface area (Å²) in [5.74, 6) is -0.0417. The Morgan fingerprint density at radius 2 is 1.72 bits per heavy atom. The molecule has 0 aliphatic carbocycles. The number of ether oxygens (including phenoxy) is 2. The lowest BCUT2D eigenvalue weighted by molar-refractivity contribution is -0.123. The molecule has 1 aromatic heterocycles. The van der Waals surface area contributed by atoms with Gasteiger partial charge in [-0.05, 0) is 126 Å². The van der Waals surface area contributed by atoms with Gasteiger partial charge >= 0.3 is 0 Å². The Hall–Kier alpha value is -5.19. The maximum absolute atomic E-state index is 15.1. The van der Waals surface area contributed by atoms with Gasteiger partial charge in [-0.25, -0.2) is 0 Å². The normalized spacial score (nSPS) is 16.9. The Morgan fingerprint density at radius 3 is 2.47 bits per heavy atom. The van der Waals surface area contributed by atoms with Gasteiger partial charge in [0.25, 0.3) is 0 Å². The highest BCUT2D eigenvalue weighted by Crippen LogP contribution is 2.43. The molecule has 7 rings (SSSR count). The van der Waals surface area contributed by atoms with Crippen molar-refractivity contribution in [2.75, 3.05) is 39.8 Å². The smallest absolute Gasteiger partial charge is 0.167 e. The minimum Gasteiger partial charge on any atom is -0.670 e. The summed E-state index contributed by atoms with van der Waals surface area (Å²) in [7, 11) is 6.39. The Kier molecular flexibility index (Phi) is 17.4. The fourth-order valence-corrected chi connectivity index (χ4v) is 12.1. The number of hydrogen-bond donors (Lipinski definition) is 8. The lowest BCUT2D eigenvalue weighted by atomic mass is 9.80. The molecule has 0 radical (unpaired) electrons. The van der Waals surface area contributed by atoms with E-state index in [-0.39, 0.29) is 49.2 Å². The summed E-state index contributed by atoms with van der Waals surface area (Å²) in [5.41, 5.74) is 7.67. The summed E-state index contributed by atoms with van der Waals surface area (Å²) in [4.78, 5) is 19.5. The van der Waals surface area contributed by atoms with Crippen LogP contribution in [0, 0.1) is 5.92 Å². The molecule has 0 saturated heterocycles. The van der Waals surface area contributed by atoms with Crippen LogP contribution in [0.4, 0.5) is 0 Å². The van der Waals surface area contributed by atoms with E-state index in [1.165, 1.54) is 28.7 Å². The number of carbonyl (C=O) groups excluding carboxylic acids is 1. The Bertz CT molecular complexity index is 2660. The van der Waals surface area contributed by atoms with Crippen molar-refractivity contribution < 1.29 is 44.9 Å². The monoisotopic (exact) mass is 962 g/mol. The molecule has 0 fully saturated rings. The standard InChI is InChI=1S/C54H64N3O9S2/c1-5-35-9-10-36-7-6-8-37(16-18-58)51(36)44(35)25-45-38(11-13-47(60)52(45)65-4)22-41(19-33-15-17-56-28-33)49(62)26-50(63)43(40-20-34(27-55-3)21-42(59)23-40)24-39-12-14-48(61)53-46(39)29-67-68-31-54(2,64)30-57-32-66-53/h6-15,17,20-21,23,28,41,43,49,55,57-62,64H,5,16,18-19,22,24-27,29-32H2,1-4H3/q-1. The minimum absolute atomic E-state index is 0.000365. The maximum Gasteiger partial charge on any atom is 0.167 e. The van der Waals surface area contributed by atoms with Crippen molar-refractivity contribution in [1.29, 1.82) is 0 Å². The first-order chi connectivity index (χ1) is 32.8. The molecule has 2 heterocycles. The predicted octanol–water partition coefficient (Wildman–Crippen LogP) is 7.65. The number of nitrogens with one attached hydrogen (secondary N) is 2. The number of aromatic hydroxyl groups is 3. The van der Waals surface area contributed by atoms with Crippen LogP contribution in [0.1, 0.15) is 81.8 Å². The number of carbonyl (C=O) groups is 1. The van der Waals surface area contributed by atoms with Gasteiger partial charge in [0.05, 0.1) is 18.8 Å². The van der Waals surface area contributed by atoms with Gasteiger partial charge in [0, 0.05) is 61.1 Å². The zero-order valence-electron chi connectivity index (χ0n) is 39.3. The Balaban J connectivity index is 1.26. The number of β-amino-alcohol motifs (C(OH)–C–C–N with tert-alkyl or cyclic N) is 1. The topological polar surface area (TPSA) is 195 Å². The fraction of sp³-hybridized carbons (Fsp3) is 0.389. The first-order valence-electron chi connectivity index (χ1n) is 23.2. The average molecular weight is 963 g/mol. The van der Waals surface area contributed by atoms with Crippen LogP contribution in [-0.4, -0.2) is 87.9 Å². The van der Waals surface area contributed by atoms with Gasteiger partial charge in [0.1, 0.15) is 18.3 Å². The molecule has 1 aliphatic rings. The highest BCUT2D eigenvalue weighted by atomic mass is 33.1. The van der Waals surface area contributed by atoms with Gasteiger partial charge in [-0.2, -0.15) is 12.4 Å². The summed E-state index contributed by atoms with van der Waals surface area (Å²) < 4.78 is 12.1. The second-order valence-corrected chi connectivity index (χ2v) is 20.5. The molecular formula is C54H64N3O9S2-. The molecule has 0 spiro atoms. The highest BCUT2D eigenvalue weighted by molar-refractivity contribution is 8.76. The van der Waals surface area contributed by atoms with Gasteiger partial charge in [-0.15, -0.1) is 0 Å². The van der Waals surface area contributed by atoms with Gasteiger partial charge < -0.3 is 50.4 Å². The molecule has 0 saturated carbocycles. The largest absolute Gasteiger partial charge is 0.670 e. The number of aliphatic hydroxyl groups excluding tert-OH is 2. The molecule has 4 atom stereocenters. The lowest BCUT2D eigenvalue weighted by Gasteiger charge is -2.27. The first kappa shape index (κ1) is 50.7. The van der Waals surface area contributed by atoms with Gasteiger partial charge in [0.2, 0.25) is 0 Å². The van der Waals surface area contributed by atoms with Crippen LogP contribution in [0.25, 0.3) is 10.8 Å². The SMILES string of the molecule is CCc1ccc2cccc(CCO)c2c1Cc1c(CC(Cc2cc[n-]c2)C(O)CC(=O)C(Cc2ccc(O)c3c2CSSCC(C)(O)CNCO3)c2cc(O)cc(CNC)c2)ccc(O)c1OC. The molecule has 4 unspecified atom stereocenters. The van der Waals surface area contributed by atoms with E-state index in [4.69, 9.17) is 9.47 Å². The maximum atomic E-state index is 15.1. The van der Waals surface area contributed by atoms with Crippen LogP contribution in [-0.2, 0) is 55.6 Å². The van der Waals surface area contributed by atoms with E-state index >= 15 is 4.79 Å². The first-order valence-corrected chi connectivity index (χ1v) is 25.7. The number of methoxy groups -OCH3 is 1. The number of aryl methyl sites for hydroxylation is 1. The van der Waals surface area contributed by atoms with Gasteiger partial charge in [-0.3, -0.25) is 10.1 Å². The molecule has 0 amide bonds. The number of phenolic OH excluding ortho intramolecular Hbond substituents is 3. The Morgan fingerprint density at radius 1 is 0.926 bits per heavy atom. The molecule has 362 valence electrons. The second kappa shape index (κ2) is 23.4. The van der Waals surface area contributed by atoms with Gasteiger partial charge in [-0.1, -0.05) is 88.7 Å². The number of benzene rings is 5. The molecule has 0 bridgehead atoms. The summed E-state index contributed by atoms with van der Waals surface area (Å²) in [5, 5.41) is 75.2. The molecule has 8 N–H and O–H groups in total. The zero-order chi connectivity index (χ0) is 48.4. The van der Waals surface area contributed by atoms with E-state index in [1.807, 2.05) is 37.4 Å². The number of hydrogen-bond acceptors (Lipinski definition) is 13. The Labute approximate surface area is 406 Å². The third-order valence-corrected chi connectivity index (χ3v) is 15.5. The third-order valence-electron chi connectivity index (χ3n) is 13.0. The van der Waals surface area contributed by atoms with Crippen LogP contribution in [0.5, 0.6) is 28.7 Å². The number of aliphatic hydroxyl groups is 3. The summed E-state index contributed by atoms with van der Waals surface area (Å²) in [6.07, 6.45) is 4.74. The molecule has 6 aromatic rings. The predicted molar refractivity (Wildman–Crippen MR) is 271 cm³/mol. The second-order valence-electron chi connectivity index (χ2n) is 18.1. The van der Waals surface area contributed by atoms with Crippen LogP contribution in [0.3, 0.4) is 0 Å². The molecule has 14 heteroatoms. The molecule has 1 aliphatic heterocycles. The minimum atomic E-state index is -1.13. The van der Waals surface area contributed by atoms with Crippen LogP contribution >= 0.6 is 21.6 Å². The summed E-state index contributed by atoms with van der Waals surface area (Å²) in [6.45, 7) is 4.67. The van der Waals surface area contributed by atoms with E-state index < -0.39 is 23.5 Å². The van der Waals surface area contributed by atoms with Crippen molar-refractivity contribution >= 4 is 38.1 Å². The number of fused-ring (bicyclic) bond motifs is 2. The van der Waals surface area contributed by atoms with E-state index in [2.05, 4.69) is 40.7 Å². The fourth-order valence-electron chi connectivity index (χ4n) is 9.55. The number of aromatic nitrogens is 1. The quantitative estimate of drug-likeness (QED) is 0.0369. The van der Waals surface area contributed by atoms with E-state index in [1.54, 1.807) is 49.6 Å². The summed E-state index contributed by atoms with van der Waals surface area (Å²) in [6, 6.07) is 24.3. The van der Waals surface area contributed by atoms with Gasteiger partial charge in [0.15, 0.2) is 23.0 Å². The number of nitrogens with zero attached hydrogens (tertiary/aromatic N) is 1. The molecular weight excluding hydrogens is 899 g/mol. The van der Waals surface area contributed by atoms with Crippen molar-refractivity contribution in [1.82, 2.24) is 15.6 Å². The molecule has 12 nitrogen and oxygen atoms in total. The van der Waals surface area contributed by atoms with Crippen molar-refractivity contribution in [3.8, 4) is 28.7 Å². The average Bonchev–Trinajstić information content (AvgIpc) is 3.82. The van der Waals surface area contributed by atoms with Crippen LogP contribution < -0.4 is 25.1 Å². The van der Waals surface area contributed by atoms with Crippen molar-refractivity contribution in [2.45, 2.75) is 88.7 Å². The summed E-state index contributed by atoms with van der Waals surface area (Å²) >= 11 is 0. The number of ketones is 1. The van der Waals surface area contributed by atoms with Crippen molar-refractivity contribution in [3.63, 3.8) is 0 Å². The van der Waals surface area contributed by atoms with E-state index in [0.29, 0.717) is 67.3 Å². The molecule has 5 aromatic carbocycles.